The number of guanidine groups is 1. The molecule has 0 aromatic heterocycles. The number of halogens is 4. The number of carbonyl (C=O) groups excluding carboxylic acids is 1. The number of hydrogen-bond donors (Lipinski definition) is 2. The molecule has 5 nitrogen and oxygen atoms in total. The highest BCUT2D eigenvalue weighted by atomic mass is 19.4. The van der Waals surface area contributed by atoms with Gasteiger partial charge in [-0.05, 0) is 44.0 Å². The van der Waals surface area contributed by atoms with Gasteiger partial charge in [0.1, 0.15) is 5.82 Å². The van der Waals surface area contributed by atoms with Crippen molar-refractivity contribution in [3.8, 4) is 0 Å². The molecule has 1 saturated heterocycles. The molecule has 9 heteroatoms. The largest absolute Gasteiger partial charge is 0.391 e. The Labute approximate surface area is 161 Å². The summed E-state index contributed by atoms with van der Waals surface area (Å²) in [5, 5.41) is 5.43. The summed E-state index contributed by atoms with van der Waals surface area (Å²) >= 11 is 0. The Balaban J connectivity index is 2.04. The molecule has 1 aromatic rings. The van der Waals surface area contributed by atoms with Gasteiger partial charge in [-0.25, -0.2) is 4.39 Å². The minimum Gasteiger partial charge on any atom is -0.381 e. The predicted octanol–water partition coefficient (Wildman–Crippen LogP) is 3.51. The van der Waals surface area contributed by atoms with Crippen LogP contribution in [-0.4, -0.2) is 43.8 Å². The highest BCUT2D eigenvalue weighted by Gasteiger charge is 2.36. The van der Waals surface area contributed by atoms with Gasteiger partial charge in [-0.3, -0.25) is 15.1 Å². The second-order valence-electron chi connectivity index (χ2n) is 7.10. The number of rotatable bonds is 6. The number of nitrogens with zero attached hydrogens (tertiary/aromatic N) is 1. The standard InChI is InChI=1S/C19H25F4N3O2/c1-12(19(21,22)23)9-13(2)25-18(24-10-14-7-8-28-11-14)26-17(27)15-3-5-16(20)6-4-15/h3-6,12-14H,7-11H2,1-2H3,(H2,24,25,26,27). The first-order chi connectivity index (χ1) is 13.1. The van der Waals surface area contributed by atoms with Crippen molar-refractivity contribution >= 4 is 11.9 Å². The summed E-state index contributed by atoms with van der Waals surface area (Å²) < 4.78 is 56.7. The van der Waals surface area contributed by atoms with E-state index in [1.165, 1.54) is 12.1 Å². The van der Waals surface area contributed by atoms with Gasteiger partial charge in [0.25, 0.3) is 5.91 Å². The van der Waals surface area contributed by atoms with E-state index in [2.05, 4.69) is 15.6 Å². The van der Waals surface area contributed by atoms with Gasteiger partial charge >= 0.3 is 6.18 Å². The van der Waals surface area contributed by atoms with E-state index >= 15 is 0 Å². The molecule has 1 aromatic carbocycles. The highest BCUT2D eigenvalue weighted by molar-refractivity contribution is 6.05. The summed E-state index contributed by atoms with van der Waals surface area (Å²) in [5.74, 6) is -2.19. The number of nitrogens with one attached hydrogen (secondary N) is 2. The van der Waals surface area contributed by atoms with Crippen molar-refractivity contribution in [1.82, 2.24) is 10.6 Å². The van der Waals surface area contributed by atoms with Crippen LogP contribution in [0.4, 0.5) is 17.6 Å². The van der Waals surface area contributed by atoms with Crippen molar-refractivity contribution in [2.45, 2.75) is 38.9 Å². The van der Waals surface area contributed by atoms with E-state index in [4.69, 9.17) is 4.74 Å². The van der Waals surface area contributed by atoms with Crippen molar-refractivity contribution < 1.29 is 27.1 Å². The van der Waals surface area contributed by atoms with Gasteiger partial charge in [0.15, 0.2) is 5.96 Å². The lowest BCUT2D eigenvalue weighted by Gasteiger charge is -2.22. The summed E-state index contributed by atoms with van der Waals surface area (Å²) in [4.78, 5) is 16.7. The average Bonchev–Trinajstić information content (AvgIpc) is 3.12. The number of aliphatic imine (C=N–C) groups is 1. The zero-order chi connectivity index (χ0) is 20.7. The lowest BCUT2D eigenvalue weighted by atomic mass is 10.0. The Kier molecular flexibility index (Phi) is 7.79. The molecule has 0 radical (unpaired) electrons. The van der Waals surface area contributed by atoms with Crippen LogP contribution in [0.1, 0.15) is 37.0 Å². The Hall–Kier alpha value is -2.16. The normalized spacial score (nSPS) is 19.9. The predicted molar refractivity (Wildman–Crippen MR) is 97.5 cm³/mol. The molecule has 3 atom stereocenters. The van der Waals surface area contributed by atoms with E-state index in [-0.39, 0.29) is 23.9 Å². The summed E-state index contributed by atoms with van der Waals surface area (Å²) in [6.45, 7) is 4.30. The lowest BCUT2D eigenvalue weighted by Crippen LogP contribution is -2.46. The van der Waals surface area contributed by atoms with Gasteiger partial charge in [-0.1, -0.05) is 6.92 Å². The van der Waals surface area contributed by atoms with Crippen molar-refractivity contribution in [3.05, 3.63) is 35.6 Å². The van der Waals surface area contributed by atoms with E-state index in [1.807, 2.05) is 0 Å². The SMILES string of the molecule is CC(CC(C)C(F)(F)F)NC(=NCC1CCOC1)NC(=O)c1ccc(F)cc1. The van der Waals surface area contributed by atoms with Crippen LogP contribution in [-0.2, 0) is 4.74 Å². The maximum absolute atomic E-state index is 13.0. The Morgan fingerprint density at radius 1 is 1.29 bits per heavy atom. The van der Waals surface area contributed by atoms with Crippen LogP contribution in [0, 0.1) is 17.7 Å². The quantitative estimate of drug-likeness (QED) is 0.434. The summed E-state index contributed by atoms with van der Waals surface area (Å²) in [6, 6.07) is 4.39. The first-order valence-electron chi connectivity index (χ1n) is 9.17. The molecular formula is C19H25F4N3O2. The molecule has 1 fully saturated rings. The van der Waals surface area contributed by atoms with Crippen LogP contribution in [0.15, 0.2) is 29.3 Å². The van der Waals surface area contributed by atoms with Crippen molar-refractivity contribution in [3.63, 3.8) is 0 Å². The van der Waals surface area contributed by atoms with E-state index in [0.29, 0.717) is 19.8 Å². The van der Waals surface area contributed by atoms with Crippen LogP contribution < -0.4 is 10.6 Å². The fraction of sp³-hybridized carbons (Fsp3) is 0.579. The maximum atomic E-state index is 13.0. The molecule has 0 saturated carbocycles. The molecule has 1 aliphatic rings. The number of amides is 1. The van der Waals surface area contributed by atoms with Crippen LogP contribution in [0.5, 0.6) is 0 Å². The van der Waals surface area contributed by atoms with Gasteiger partial charge in [0.05, 0.1) is 12.5 Å². The number of alkyl halides is 3. The van der Waals surface area contributed by atoms with Crippen LogP contribution in [0.2, 0.25) is 0 Å². The van der Waals surface area contributed by atoms with E-state index in [1.54, 1.807) is 6.92 Å². The number of hydrogen-bond acceptors (Lipinski definition) is 3. The number of carbonyl (C=O) groups is 1. The van der Waals surface area contributed by atoms with Crippen LogP contribution >= 0.6 is 0 Å². The third-order valence-corrected chi connectivity index (χ3v) is 4.52. The topological polar surface area (TPSA) is 62.7 Å². The van der Waals surface area contributed by atoms with E-state index < -0.39 is 29.9 Å². The molecule has 2 N–H and O–H groups in total. The summed E-state index contributed by atoms with van der Waals surface area (Å²) in [7, 11) is 0. The van der Waals surface area contributed by atoms with Crippen molar-refractivity contribution in [1.29, 1.82) is 0 Å². The fourth-order valence-electron chi connectivity index (χ4n) is 2.81. The summed E-state index contributed by atoms with van der Waals surface area (Å²) in [6.07, 6.45) is -3.61. The third kappa shape index (κ3) is 7.10. The minimum atomic E-state index is -4.29. The molecule has 28 heavy (non-hydrogen) atoms. The Morgan fingerprint density at radius 2 is 1.96 bits per heavy atom. The first kappa shape index (κ1) is 22.1. The molecule has 1 amide bonds. The zero-order valence-electron chi connectivity index (χ0n) is 15.9. The van der Waals surface area contributed by atoms with Crippen molar-refractivity contribution in [2.24, 2.45) is 16.8 Å². The monoisotopic (exact) mass is 403 g/mol. The molecule has 156 valence electrons. The molecular weight excluding hydrogens is 378 g/mol. The van der Waals surface area contributed by atoms with E-state index in [9.17, 15) is 22.4 Å². The molecule has 0 bridgehead atoms. The Bertz CT molecular complexity index is 671. The molecule has 1 heterocycles. The third-order valence-electron chi connectivity index (χ3n) is 4.52. The van der Waals surface area contributed by atoms with Gasteiger partial charge in [-0.2, -0.15) is 13.2 Å². The minimum absolute atomic E-state index is 0.100. The molecule has 1 aliphatic heterocycles. The fourth-order valence-corrected chi connectivity index (χ4v) is 2.81. The van der Waals surface area contributed by atoms with Gasteiger partial charge < -0.3 is 10.1 Å². The molecule has 3 unspecified atom stereocenters. The average molecular weight is 403 g/mol. The Morgan fingerprint density at radius 3 is 2.54 bits per heavy atom. The molecule has 0 spiro atoms. The summed E-state index contributed by atoms with van der Waals surface area (Å²) in [5.41, 5.74) is 0.219. The first-order valence-corrected chi connectivity index (χ1v) is 9.17. The molecule has 0 aliphatic carbocycles. The van der Waals surface area contributed by atoms with Crippen LogP contribution in [0.25, 0.3) is 0 Å². The lowest BCUT2D eigenvalue weighted by molar-refractivity contribution is -0.172. The molecule has 2 rings (SSSR count). The van der Waals surface area contributed by atoms with Gasteiger partial charge in [-0.15, -0.1) is 0 Å². The second-order valence-corrected chi connectivity index (χ2v) is 7.10. The van der Waals surface area contributed by atoms with Crippen LogP contribution in [0.3, 0.4) is 0 Å². The number of ether oxygens (including phenoxy) is 1. The maximum Gasteiger partial charge on any atom is 0.391 e. The van der Waals surface area contributed by atoms with Crippen molar-refractivity contribution in [2.75, 3.05) is 19.8 Å². The zero-order valence-corrected chi connectivity index (χ0v) is 15.9. The van der Waals surface area contributed by atoms with E-state index in [0.717, 1.165) is 25.5 Å². The van der Waals surface area contributed by atoms with Gasteiger partial charge in [0.2, 0.25) is 0 Å². The van der Waals surface area contributed by atoms with Gasteiger partial charge in [0, 0.05) is 30.7 Å². The highest BCUT2D eigenvalue weighted by Crippen LogP contribution is 2.29. The smallest absolute Gasteiger partial charge is 0.381 e. The second kappa shape index (κ2) is 9.86. The number of benzene rings is 1.